The number of amides is 2. The molecular formula is C18H25N5O3. The van der Waals surface area contributed by atoms with Crippen LogP contribution < -0.4 is 25.4 Å². The molecule has 0 aliphatic carbocycles. The van der Waals surface area contributed by atoms with Gasteiger partial charge < -0.3 is 25.4 Å². The summed E-state index contributed by atoms with van der Waals surface area (Å²) in [6, 6.07) is 3.35. The topological polar surface area (TPSA) is 103 Å². The van der Waals surface area contributed by atoms with Crippen molar-refractivity contribution < 1.29 is 14.3 Å². The van der Waals surface area contributed by atoms with E-state index in [2.05, 4.69) is 20.2 Å². The number of hydrogen-bond acceptors (Lipinski definition) is 6. The molecule has 0 unspecified atom stereocenters. The molecule has 1 aromatic heterocycles. The predicted octanol–water partition coefficient (Wildman–Crippen LogP) is 1.92. The first-order valence-electron chi connectivity index (χ1n) is 8.77. The van der Waals surface area contributed by atoms with Gasteiger partial charge in [-0.3, -0.25) is 0 Å². The lowest BCUT2D eigenvalue weighted by Crippen LogP contribution is -2.36. The molecule has 26 heavy (non-hydrogen) atoms. The second-order valence-electron chi connectivity index (χ2n) is 6.43. The third-order valence-electron chi connectivity index (χ3n) is 4.89. The van der Waals surface area contributed by atoms with Crippen LogP contribution in [0.15, 0.2) is 18.5 Å². The van der Waals surface area contributed by atoms with Gasteiger partial charge in [-0.25, -0.2) is 14.8 Å². The van der Waals surface area contributed by atoms with Crippen molar-refractivity contribution in [2.24, 2.45) is 11.7 Å². The van der Waals surface area contributed by atoms with Gasteiger partial charge in [-0.2, -0.15) is 0 Å². The van der Waals surface area contributed by atoms with Gasteiger partial charge in [0.15, 0.2) is 11.5 Å². The third kappa shape index (κ3) is 3.89. The van der Waals surface area contributed by atoms with E-state index in [4.69, 9.17) is 15.2 Å². The highest BCUT2D eigenvalue weighted by molar-refractivity contribution is 5.92. The number of anilines is 1. The number of nitrogens with one attached hydrogen (secondary N) is 1. The summed E-state index contributed by atoms with van der Waals surface area (Å²) in [5, 5.41) is 3.62. The zero-order valence-electron chi connectivity index (χ0n) is 15.2. The lowest BCUT2D eigenvalue weighted by Gasteiger charge is -2.33. The summed E-state index contributed by atoms with van der Waals surface area (Å²) in [7, 11) is 3.24. The maximum atomic E-state index is 10.8. The normalized spacial score (nSPS) is 15.1. The Morgan fingerprint density at radius 3 is 2.58 bits per heavy atom. The summed E-state index contributed by atoms with van der Waals surface area (Å²) >= 11 is 0. The number of methoxy groups -OCH3 is 2. The number of aromatic nitrogens is 2. The molecule has 3 N–H and O–H groups in total. The van der Waals surface area contributed by atoms with Crippen LogP contribution in [0.25, 0.3) is 10.9 Å². The minimum absolute atomic E-state index is 0.459. The van der Waals surface area contributed by atoms with Crippen LogP contribution in [0.1, 0.15) is 19.3 Å². The molecule has 1 saturated heterocycles. The Hall–Kier alpha value is -2.77. The summed E-state index contributed by atoms with van der Waals surface area (Å²) in [5.74, 6) is 2.83. The van der Waals surface area contributed by atoms with E-state index in [0.717, 1.165) is 49.1 Å². The minimum atomic E-state index is -0.459. The van der Waals surface area contributed by atoms with Crippen molar-refractivity contribution in [3.05, 3.63) is 18.5 Å². The number of piperidine rings is 1. The maximum absolute atomic E-state index is 10.8. The second kappa shape index (κ2) is 8.07. The molecule has 2 aromatic rings. The summed E-state index contributed by atoms with van der Waals surface area (Å²) in [6.07, 6.45) is 4.65. The highest BCUT2D eigenvalue weighted by atomic mass is 16.5. The van der Waals surface area contributed by atoms with Crippen molar-refractivity contribution in [2.75, 3.05) is 38.8 Å². The number of nitrogens with zero attached hydrogens (tertiary/aromatic N) is 3. The molecule has 0 bridgehead atoms. The largest absolute Gasteiger partial charge is 0.493 e. The number of urea groups is 1. The van der Waals surface area contributed by atoms with Crippen LogP contribution in [0, 0.1) is 5.92 Å². The number of hydrogen-bond donors (Lipinski definition) is 2. The molecule has 2 amide bonds. The van der Waals surface area contributed by atoms with Gasteiger partial charge in [0.05, 0.1) is 19.7 Å². The fourth-order valence-electron chi connectivity index (χ4n) is 3.45. The molecule has 0 saturated carbocycles. The molecule has 1 aliphatic heterocycles. The van der Waals surface area contributed by atoms with Crippen LogP contribution in [-0.4, -0.2) is 49.9 Å². The van der Waals surface area contributed by atoms with E-state index < -0.39 is 6.03 Å². The van der Waals surface area contributed by atoms with Crippen LogP contribution >= 0.6 is 0 Å². The highest BCUT2D eigenvalue weighted by Gasteiger charge is 2.22. The van der Waals surface area contributed by atoms with Gasteiger partial charge in [0.2, 0.25) is 0 Å². The van der Waals surface area contributed by atoms with E-state index in [9.17, 15) is 4.79 Å². The smallest absolute Gasteiger partial charge is 0.312 e. The van der Waals surface area contributed by atoms with Crippen LogP contribution in [0.2, 0.25) is 0 Å². The molecule has 1 aromatic carbocycles. The van der Waals surface area contributed by atoms with E-state index in [0.29, 0.717) is 24.0 Å². The van der Waals surface area contributed by atoms with Crippen molar-refractivity contribution in [3.63, 3.8) is 0 Å². The van der Waals surface area contributed by atoms with E-state index >= 15 is 0 Å². The number of rotatable bonds is 6. The Morgan fingerprint density at radius 1 is 1.23 bits per heavy atom. The van der Waals surface area contributed by atoms with E-state index in [1.165, 1.54) is 0 Å². The number of ether oxygens (including phenoxy) is 2. The first-order chi connectivity index (χ1) is 12.6. The SMILES string of the molecule is COc1cc2ncnc(N3CCC(CCNC(N)=O)CC3)c2cc1OC. The van der Waals surface area contributed by atoms with Gasteiger partial charge >= 0.3 is 6.03 Å². The average molecular weight is 359 g/mol. The maximum Gasteiger partial charge on any atom is 0.312 e. The van der Waals surface area contributed by atoms with Gasteiger partial charge in [-0.15, -0.1) is 0 Å². The van der Waals surface area contributed by atoms with Crippen molar-refractivity contribution in [1.29, 1.82) is 0 Å². The van der Waals surface area contributed by atoms with Crippen molar-refractivity contribution in [3.8, 4) is 11.5 Å². The van der Waals surface area contributed by atoms with Gasteiger partial charge in [0.25, 0.3) is 0 Å². The predicted molar refractivity (Wildman–Crippen MR) is 99.8 cm³/mol. The fourth-order valence-corrected chi connectivity index (χ4v) is 3.45. The average Bonchev–Trinajstić information content (AvgIpc) is 2.66. The van der Waals surface area contributed by atoms with E-state index in [1.54, 1.807) is 20.5 Å². The van der Waals surface area contributed by atoms with Gasteiger partial charge in [-0.05, 0) is 31.2 Å². The molecular weight excluding hydrogens is 334 g/mol. The number of fused-ring (bicyclic) bond motifs is 1. The Labute approximate surface area is 152 Å². The fraction of sp³-hybridized carbons (Fsp3) is 0.500. The molecule has 0 spiro atoms. The van der Waals surface area contributed by atoms with Gasteiger partial charge in [0, 0.05) is 31.1 Å². The molecule has 8 nitrogen and oxygen atoms in total. The Balaban J connectivity index is 1.74. The van der Waals surface area contributed by atoms with Crippen molar-refractivity contribution in [2.45, 2.75) is 19.3 Å². The zero-order valence-corrected chi connectivity index (χ0v) is 15.2. The van der Waals surface area contributed by atoms with E-state index in [1.807, 2.05) is 12.1 Å². The Kier molecular flexibility index (Phi) is 5.60. The van der Waals surface area contributed by atoms with Gasteiger partial charge in [0.1, 0.15) is 12.1 Å². The molecule has 1 fully saturated rings. The monoisotopic (exact) mass is 359 g/mol. The zero-order chi connectivity index (χ0) is 18.5. The van der Waals surface area contributed by atoms with Crippen LogP contribution in [0.4, 0.5) is 10.6 Å². The summed E-state index contributed by atoms with van der Waals surface area (Å²) in [4.78, 5) is 21.9. The standard InChI is InChI=1S/C18H25N5O3/c1-25-15-9-13-14(10-16(15)26-2)21-11-22-17(13)23-7-4-12(5-8-23)3-6-20-18(19)24/h9-12H,3-8H2,1-2H3,(H3,19,20,24). The van der Waals surface area contributed by atoms with Gasteiger partial charge in [-0.1, -0.05) is 0 Å². The molecule has 2 heterocycles. The second-order valence-corrected chi connectivity index (χ2v) is 6.43. The lowest BCUT2D eigenvalue weighted by atomic mass is 9.93. The van der Waals surface area contributed by atoms with Crippen LogP contribution in [0.5, 0.6) is 11.5 Å². The summed E-state index contributed by atoms with van der Waals surface area (Å²) in [6.45, 7) is 2.47. The van der Waals surface area contributed by atoms with Crippen LogP contribution in [-0.2, 0) is 0 Å². The molecule has 1 aliphatic rings. The summed E-state index contributed by atoms with van der Waals surface area (Å²) < 4.78 is 10.8. The van der Waals surface area contributed by atoms with Crippen molar-refractivity contribution in [1.82, 2.24) is 15.3 Å². The van der Waals surface area contributed by atoms with Crippen molar-refractivity contribution >= 4 is 22.8 Å². The molecule has 8 heteroatoms. The molecule has 3 rings (SSSR count). The minimum Gasteiger partial charge on any atom is -0.493 e. The lowest BCUT2D eigenvalue weighted by molar-refractivity contribution is 0.247. The Morgan fingerprint density at radius 2 is 1.92 bits per heavy atom. The first-order valence-corrected chi connectivity index (χ1v) is 8.77. The number of carbonyl (C=O) groups excluding carboxylic acids is 1. The highest BCUT2D eigenvalue weighted by Crippen LogP contribution is 2.35. The van der Waals surface area contributed by atoms with Crippen LogP contribution in [0.3, 0.4) is 0 Å². The number of benzene rings is 1. The number of carbonyl (C=O) groups is 1. The number of nitrogens with two attached hydrogens (primary N) is 1. The molecule has 140 valence electrons. The third-order valence-corrected chi connectivity index (χ3v) is 4.89. The molecule has 0 atom stereocenters. The number of primary amides is 1. The molecule has 0 radical (unpaired) electrons. The quantitative estimate of drug-likeness (QED) is 0.817. The summed E-state index contributed by atoms with van der Waals surface area (Å²) in [5.41, 5.74) is 5.95. The Bertz CT molecular complexity index is 775. The first kappa shape index (κ1) is 18.0. The van der Waals surface area contributed by atoms with E-state index in [-0.39, 0.29) is 0 Å².